The van der Waals surface area contributed by atoms with Gasteiger partial charge in [-0.25, -0.2) is 0 Å². The first kappa shape index (κ1) is 19.9. The minimum atomic E-state index is -0.457. The maximum absolute atomic E-state index is 12.6. The van der Waals surface area contributed by atoms with E-state index in [1.165, 1.54) is 11.1 Å². The lowest BCUT2D eigenvalue weighted by Gasteiger charge is -2.36. The van der Waals surface area contributed by atoms with Crippen LogP contribution in [0.15, 0.2) is 24.3 Å². The van der Waals surface area contributed by atoms with Gasteiger partial charge in [0.05, 0.1) is 5.41 Å². The van der Waals surface area contributed by atoms with Gasteiger partial charge in [0.1, 0.15) is 0 Å². The van der Waals surface area contributed by atoms with Gasteiger partial charge in [0.2, 0.25) is 5.91 Å². The Kier molecular flexibility index (Phi) is 7.05. The van der Waals surface area contributed by atoms with Crippen molar-refractivity contribution in [2.45, 2.75) is 39.0 Å². The first-order valence-electron chi connectivity index (χ1n) is 8.03. The molecule has 0 spiro atoms. The van der Waals surface area contributed by atoms with E-state index in [0.717, 1.165) is 0 Å². The summed E-state index contributed by atoms with van der Waals surface area (Å²) in [4.78, 5) is 12.6. The second-order valence-corrected chi connectivity index (χ2v) is 7.03. The number of halogens is 1. The van der Waals surface area contributed by atoms with E-state index in [0.29, 0.717) is 39.1 Å². The van der Waals surface area contributed by atoms with Crippen LogP contribution >= 0.6 is 12.4 Å². The Morgan fingerprint density at radius 1 is 1.26 bits per heavy atom. The third-order valence-electron chi connectivity index (χ3n) is 4.85. The number of carbonyl (C=O) groups is 1. The van der Waals surface area contributed by atoms with Crippen molar-refractivity contribution in [1.29, 1.82) is 0 Å². The molecule has 0 saturated carbocycles. The van der Waals surface area contributed by atoms with E-state index >= 15 is 0 Å². The summed E-state index contributed by atoms with van der Waals surface area (Å²) < 4.78 is 5.37. The number of aryl methyl sites for hydroxylation is 1. The molecule has 0 bridgehead atoms. The zero-order chi connectivity index (χ0) is 16.2. The molecule has 5 heteroatoms. The lowest BCUT2D eigenvalue weighted by molar-refractivity contribution is -0.136. The number of nitrogens with two attached hydrogens (primary N) is 1. The van der Waals surface area contributed by atoms with Crippen LogP contribution in [0.25, 0.3) is 0 Å². The monoisotopic (exact) mass is 340 g/mol. The minimum Gasteiger partial charge on any atom is -0.381 e. The highest BCUT2D eigenvalue weighted by molar-refractivity contribution is 5.85. The van der Waals surface area contributed by atoms with E-state index in [-0.39, 0.29) is 23.7 Å². The van der Waals surface area contributed by atoms with Crippen LogP contribution in [-0.2, 0) is 14.9 Å². The molecular weight excluding hydrogens is 312 g/mol. The summed E-state index contributed by atoms with van der Waals surface area (Å²) in [7, 11) is 0. The molecule has 4 nitrogen and oxygen atoms in total. The molecule has 0 radical (unpaired) electrons. The summed E-state index contributed by atoms with van der Waals surface area (Å²) in [5.41, 5.74) is 7.80. The molecular formula is C18H29ClN2O2. The third kappa shape index (κ3) is 4.69. The Bertz CT molecular complexity index is 508. The largest absolute Gasteiger partial charge is 0.381 e. The highest BCUT2D eigenvalue weighted by atomic mass is 35.5. The Hall–Kier alpha value is -1.10. The quantitative estimate of drug-likeness (QED) is 0.865. The molecule has 2 rings (SSSR count). The van der Waals surface area contributed by atoms with Gasteiger partial charge in [-0.3, -0.25) is 4.79 Å². The lowest BCUT2D eigenvalue weighted by Crippen LogP contribution is -2.51. The van der Waals surface area contributed by atoms with Crippen LogP contribution in [0.2, 0.25) is 0 Å². The van der Waals surface area contributed by atoms with E-state index in [9.17, 15) is 4.79 Å². The normalized spacial score (nSPS) is 17.2. The van der Waals surface area contributed by atoms with E-state index in [2.05, 4.69) is 50.4 Å². The third-order valence-corrected chi connectivity index (χ3v) is 4.85. The summed E-state index contributed by atoms with van der Waals surface area (Å²) >= 11 is 0. The van der Waals surface area contributed by atoms with E-state index < -0.39 is 5.41 Å². The molecule has 1 aliphatic rings. The van der Waals surface area contributed by atoms with Crippen molar-refractivity contribution < 1.29 is 9.53 Å². The molecule has 1 saturated heterocycles. The number of carbonyl (C=O) groups excluding carboxylic acids is 1. The van der Waals surface area contributed by atoms with Gasteiger partial charge in [-0.2, -0.15) is 0 Å². The van der Waals surface area contributed by atoms with Crippen molar-refractivity contribution in [2.24, 2.45) is 11.1 Å². The van der Waals surface area contributed by atoms with E-state index in [1.807, 2.05) is 0 Å². The average molecular weight is 341 g/mol. The van der Waals surface area contributed by atoms with Gasteiger partial charge in [0.15, 0.2) is 0 Å². The molecule has 0 aliphatic carbocycles. The fraction of sp³-hybridized carbons (Fsp3) is 0.611. The molecule has 0 unspecified atom stereocenters. The van der Waals surface area contributed by atoms with Crippen molar-refractivity contribution in [3.63, 3.8) is 0 Å². The molecule has 1 aliphatic heterocycles. The number of hydrogen-bond donors (Lipinski definition) is 2. The van der Waals surface area contributed by atoms with Crippen LogP contribution in [0.3, 0.4) is 0 Å². The molecule has 1 aromatic rings. The van der Waals surface area contributed by atoms with Crippen LogP contribution in [0, 0.1) is 12.3 Å². The van der Waals surface area contributed by atoms with E-state index in [4.69, 9.17) is 10.5 Å². The average Bonchev–Trinajstić information content (AvgIpc) is 2.53. The van der Waals surface area contributed by atoms with Crippen molar-refractivity contribution in [1.82, 2.24) is 5.32 Å². The summed E-state index contributed by atoms with van der Waals surface area (Å²) in [6.07, 6.45) is 1.42. The predicted octanol–water partition coefficient (Wildman–Crippen LogP) is 2.57. The number of rotatable bonds is 5. The number of nitrogens with one attached hydrogen (secondary N) is 1. The molecule has 0 atom stereocenters. The SMILES string of the molecule is Cc1ccc(C(C)(C)CNC(=O)C2(CN)CCOCC2)cc1.Cl. The van der Waals surface area contributed by atoms with Crippen LogP contribution in [0.4, 0.5) is 0 Å². The molecule has 1 fully saturated rings. The smallest absolute Gasteiger partial charge is 0.227 e. The fourth-order valence-corrected chi connectivity index (χ4v) is 2.88. The van der Waals surface area contributed by atoms with Crippen molar-refractivity contribution in [3.05, 3.63) is 35.4 Å². The second kappa shape index (κ2) is 8.13. The highest BCUT2D eigenvalue weighted by Gasteiger charge is 2.39. The molecule has 3 N–H and O–H groups in total. The summed E-state index contributed by atoms with van der Waals surface area (Å²) in [6.45, 7) is 8.60. The fourth-order valence-electron chi connectivity index (χ4n) is 2.88. The van der Waals surface area contributed by atoms with Gasteiger partial charge in [0.25, 0.3) is 0 Å². The van der Waals surface area contributed by atoms with Crippen molar-refractivity contribution >= 4 is 18.3 Å². The van der Waals surface area contributed by atoms with Gasteiger partial charge in [-0.05, 0) is 25.3 Å². The maximum atomic E-state index is 12.6. The Morgan fingerprint density at radius 3 is 2.35 bits per heavy atom. The van der Waals surface area contributed by atoms with Crippen molar-refractivity contribution in [3.8, 4) is 0 Å². The summed E-state index contributed by atoms with van der Waals surface area (Å²) in [6, 6.07) is 8.49. The van der Waals surface area contributed by atoms with Crippen LogP contribution in [0.5, 0.6) is 0 Å². The lowest BCUT2D eigenvalue weighted by atomic mass is 9.78. The van der Waals surface area contributed by atoms with Crippen molar-refractivity contribution in [2.75, 3.05) is 26.3 Å². The Labute approximate surface area is 145 Å². The van der Waals surface area contributed by atoms with Crippen LogP contribution < -0.4 is 11.1 Å². The predicted molar refractivity (Wildman–Crippen MR) is 96.0 cm³/mol. The second-order valence-electron chi connectivity index (χ2n) is 7.03. The number of benzene rings is 1. The number of ether oxygens (including phenoxy) is 1. The minimum absolute atomic E-state index is 0. The Morgan fingerprint density at radius 2 is 1.83 bits per heavy atom. The zero-order valence-corrected chi connectivity index (χ0v) is 15.2. The van der Waals surface area contributed by atoms with Gasteiger partial charge in [0, 0.05) is 31.7 Å². The summed E-state index contributed by atoms with van der Waals surface area (Å²) in [5, 5.41) is 3.12. The van der Waals surface area contributed by atoms with Crippen LogP contribution in [-0.4, -0.2) is 32.2 Å². The maximum Gasteiger partial charge on any atom is 0.227 e. The highest BCUT2D eigenvalue weighted by Crippen LogP contribution is 2.30. The first-order valence-corrected chi connectivity index (χ1v) is 8.03. The van der Waals surface area contributed by atoms with Gasteiger partial charge >= 0.3 is 0 Å². The van der Waals surface area contributed by atoms with E-state index in [1.54, 1.807) is 0 Å². The molecule has 0 aromatic heterocycles. The standard InChI is InChI=1S/C18H28N2O2.ClH/c1-14-4-6-15(7-5-14)17(2,3)13-20-16(21)18(12-19)8-10-22-11-9-18;/h4-7H,8-13,19H2,1-3H3,(H,20,21);1H. The first-order chi connectivity index (χ1) is 10.4. The van der Waals surface area contributed by atoms with Crippen LogP contribution in [0.1, 0.15) is 37.8 Å². The molecule has 1 aromatic carbocycles. The number of amides is 1. The summed E-state index contributed by atoms with van der Waals surface area (Å²) in [5.74, 6) is 0.0680. The molecule has 23 heavy (non-hydrogen) atoms. The zero-order valence-electron chi connectivity index (χ0n) is 14.4. The van der Waals surface area contributed by atoms with Gasteiger partial charge in [-0.15, -0.1) is 12.4 Å². The number of hydrogen-bond acceptors (Lipinski definition) is 3. The van der Waals surface area contributed by atoms with Gasteiger partial charge < -0.3 is 15.8 Å². The topological polar surface area (TPSA) is 64.4 Å². The Balaban J connectivity index is 0.00000264. The molecule has 130 valence electrons. The molecule has 1 amide bonds. The molecule has 1 heterocycles. The van der Waals surface area contributed by atoms with Gasteiger partial charge in [-0.1, -0.05) is 43.7 Å².